The molecule has 0 spiro atoms. The van der Waals surface area contributed by atoms with Crippen LogP contribution in [-0.2, 0) is 5.75 Å². The highest BCUT2D eigenvalue weighted by atomic mass is 32.2. The van der Waals surface area contributed by atoms with Crippen molar-refractivity contribution in [3.8, 4) is 0 Å². The second kappa shape index (κ2) is 5.83. The van der Waals surface area contributed by atoms with Crippen molar-refractivity contribution in [2.75, 3.05) is 0 Å². The van der Waals surface area contributed by atoms with Gasteiger partial charge in [-0.25, -0.2) is 9.97 Å². The van der Waals surface area contributed by atoms with Gasteiger partial charge in [0.15, 0.2) is 0 Å². The molecule has 1 aromatic heterocycles. The van der Waals surface area contributed by atoms with Crippen molar-refractivity contribution in [3.63, 3.8) is 0 Å². The van der Waals surface area contributed by atoms with Crippen molar-refractivity contribution in [3.05, 3.63) is 23.3 Å². The molecule has 0 radical (unpaired) electrons. The third kappa shape index (κ3) is 3.42. The van der Waals surface area contributed by atoms with Crippen LogP contribution in [0.1, 0.15) is 55.7 Å². The Labute approximate surface area is 108 Å². The molecule has 1 aliphatic carbocycles. The lowest BCUT2D eigenvalue weighted by atomic mass is 10.1. The van der Waals surface area contributed by atoms with Gasteiger partial charge in [-0.3, -0.25) is 0 Å². The molecule has 2 N–H and O–H groups in total. The van der Waals surface area contributed by atoms with Crippen LogP contribution in [0.4, 0.5) is 0 Å². The van der Waals surface area contributed by atoms with Crippen LogP contribution >= 0.6 is 11.8 Å². The maximum absolute atomic E-state index is 5.85. The molecule has 0 saturated heterocycles. The molecular weight excluding hydrogens is 230 g/mol. The Hall–Kier alpha value is -0.610. The van der Waals surface area contributed by atoms with E-state index in [0.717, 1.165) is 28.1 Å². The fraction of sp³-hybridized carbons (Fsp3) is 0.692. The van der Waals surface area contributed by atoms with Gasteiger partial charge in [-0.15, -0.1) is 0 Å². The van der Waals surface area contributed by atoms with Gasteiger partial charge in [-0.1, -0.05) is 12.8 Å². The van der Waals surface area contributed by atoms with Crippen LogP contribution in [0.5, 0.6) is 0 Å². The van der Waals surface area contributed by atoms with E-state index in [1.54, 1.807) is 0 Å². The van der Waals surface area contributed by atoms with E-state index in [0.29, 0.717) is 0 Å². The largest absolute Gasteiger partial charge is 0.324 e. The first kappa shape index (κ1) is 12.8. The molecule has 0 amide bonds. The van der Waals surface area contributed by atoms with Crippen molar-refractivity contribution >= 4 is 11.8 Å². The molecule has 0 unspecified atom stereocenters. The number of aromatic nitrogens is 2. The van der Waals surface area contributed by atoms with Crippen LogP contribution in [0.25, 0.3) is 0 Å². The highest BCUT2D eigenvalue weighted by molar-refractivity contribution is 7.99. The summed E-state index contributed by atoms with van der Waals surface area (Å²) >= 11 is 2.00. The summed E-state index contributed by atoms with van der Waals surface area (Å²) in [6, 6.07) is 0.0199. The van der Waals surface area contributed by atoms with Crippen LogP contribution < -0.4 is 5.73 Å². The molecule has 4 heteroatoms. The van der Waals surface area contributed by atoms with Gasteiger partial charge in [0.05, 0.1) is 5.75 Å². The highest BCUT2D eigenvalue weighted by Gasteiger charge is 2.16. The first-order valence-corrected chi connectivity index (χ1v) is 7.41. The maximum Gasteiger partial charge on any atom is 0.138 e. The lowest BCUT2D eigenvalue weighted by Gasteiger charge is -2.11. The summed E-state index contributed by atoms with van der Waals surface area (Å²) in [5.74, 6) is 1.88. The number of nitrogens with two attached hydrogens (primary N) is 1. The standard InChI is InChI=1S/C13H21N3S/c1-9(14)12-7-15-13(16-10(12)2)8-17-11-5-3-4-6-11/h7,9,11H,3-6,8,14H2,1-2H3/t9-/m0/s1. The Kier molecular flexibility index (Phi) is 4.40. The summed E-state index contributed by atoms with van der Waals surface area (Å²) in [5, 5.41) is 0.826. The van der Waals surface area contributed by atoms with Crippen molar-refractivity contribution in [2.45, 2.75) is 56.6 Å². The summed E-state index contributed by atoms with van der Waals surface area (Å²) < 4.78 is 0. The fourth-order valence-electron chi connectivity index (χ4n) is 2.29. The monoisotopic (exact) mass is 251 g/mol. The van der Waals surface area contributed by atoms with Crippen molar-refractivity contribution in [2.24, 2.45) is 5.73 Å². The van der Waals surface area contributed by atoms with E-state index in [-0.39, 0.29) is 6.04 Å². The van der Waals surface area contributed by atoms with Gasteiger partial charge >= 0.3 is 0 Å². The summed E-state index contributed by atoms with van der Waals surface area (Å²) in [4.78, 5) is 8.95. The zero-order chi connectivity index (χ0) is 12.3. The van der Waals surface area contributed by atoms with Gasteiger partial charge in [0, 0.05) is 28.7 Å². The van der Waals surface area contributed by atoms with Crippen LogP contribution in [-0.4, -0.2) is 15.2 Å². The molecule has 17 heavy (non-hydrogen) atoms. The predicted molar refractivity (Wildman–Crippen MR) is 72.9 cm³/mol. The molecule has 3 nitrogen and oxygen atoms in total. The normalized spacial score (nSPS) is 18.5. The zero-order valence-electron chi connectivity index (χ0n) is 10.6. The number of thioether (sulfide) groups is 1. The SMILES string of the molecule is Cc1nc(CSC2CCCC2)ncc1[C@H](C)N. The molecule has 1 heterocycles. The Balaban J connectivity index is 1.94. The Morgan fingerprint density at radius 1 is 1.47 bits per heavy atom. The van der Waals surface area contributed by atoms with Gasteiger partial charge in [-0.2, -0.15) is 11.8 Å². The molecule has 1 atom stereocenters. The summed E-state index contributed by atoms with van der Waals surface area (Å²) in [6.45, 7) is 3.99. The minimum Gasteiger partial charge on any atom is -0.324 e. The smallest absolute Gasteiger partial charge is 0.138 e. The molecule has 1 saturated carbocycles. The molecule has 1 fully saturated rings. The van der Waals surface area contributed by atoms with Crippen molar-refractivity contribution < 1.29 is 0 Å². The van der Waals surface area contributed by atoms with E-state index in [9.17, 15) is 0 Å². The third-order valence-electron chi connectivity index (χ3n) is 3.31. The predicted octanol–water partition coefficient (Wildman–Crippen LogP) is 2.98. The lowest BCUT2D eigenvalue weighted by Crippen LogP contribution is -2.10. The molecule has 2 rings (SSSR count). The minimum absolute atomic E-state index is 0.0199. The molecule has 0 aliphatic heterocycles. The molecule has 1 aromatic rings. The number of hydrogen-bond acceptors (Lipinski definition) is 4. The van der Waals surface area contributed by atoms with Gasteiger partial charge < -0.3 is 5.73 Å². The van der Waals surface area contributed by atoms with E-state index >= 15 is 0 Å². The zero-order valence-corrected chi connectivity index (χ0v) is 11.5. The second-order valence-electron chi connectivity index (χ2n) is 4.83. The van der Waals surface area contributed by atoms with Crippen molar-refractivity contribution in [1.82, 2.24) is 9.97 Å². The van der Waals surface area contributed by atoms with Crippen LogP contribution in [0.15, 0.2) is 6.20 Å². The van der Waals surface area contributed by atoms with Gasteiger partial charge in [0.25, 0.3) is 0 Å². The molecular formula is C13H21N3S. The number of rotatable bonds is 4. The summed E-state index contributed by atoms with van der Waals surface area (Å²) in [5.41, 5.74) is 7.93. The second-order valence-corrected chi connectivity index (χ2v) is 6.12. The fourth-order valence-corrected chi connectivity index (χ4v) is 3.48. The molecule has 94 valence electrons. The lowest BCUT2D eigenvalue weighted by molar-refractivity contribution is 0.780. The number of aryl methyl sites for hydroxylation is 1. The Morgan fingerprint density at radius 3 is 2.76 bits per heavy atom. The Bertz CT molecular complexity index is 373. The highest BCUT2D eigenvalue weighted by Crippen LogP contribution is 2.31. The third-order valence-corrected chi connectivity index (χ3v) is 4.68. The maximum atomic E-state index is 5.85. The molecule has 0 bridgehead atoms. The quantitative estimate of drug-likeness (QED) is 0.894. The first-order chi connectivity index (χ1) is 8.16. The van der Waals surface area contributed by atoms with Gasteiger partial charge in [0.1, 0.15) is 5.82 Å². The topological polar surface area (TPSA) is 51.8 Å². The molecule has 1 aliphatic rings. The van der Waals surface area contributed by atoms with Crippen LogP contribution in [0, 0.1) is 6.92 Å². The Morgan fingerprint density at radius 2 is 2.18 bits per heavy atom. The van der Waals surface area contributed by atoms with E-state index < -0.39 is 0 Å². The summed E-state index contributed by atoms with van der Waals surface area (Å²) in [6.07, 6.45) is 7.39. The van der Waals surface area contributed by atoms with Crippen LogP contribution in [0.3, 0.4) is 0 Å². The number of hydrogen-bond donors (Lipinski definition) is 1. The van der Waals surface area contributed by atoms with Gasteiger partial charge in [0.2, 0.25) is 0 Å². The first-order valence-electron chi connectivity index (χ1n) is 6.36. The number of nitrogens with zero attached hydrogens (tertiary/aromatic N) is 2. The molecule has 0 aromatic carbocycles. The van der Waals surface area contributed by atoms with E-state index in [1.165, 1.54) is 25.7 Å². The van der Waals surface area contributed by atoms with Gasteiger partial charge in [-0.05, 0) is 26.7 Å². The van der Waals surface area contributed by atoms with E-state index in [1.807, 2.05) is 31.8 Å². The summed E-state index contributed by atoms with van der Waals surface area (Å²) in [7, 11) is 0. The minimum atomic E-state index is 0.0199. The average molecular weight is 251 g/mol. The van der Waals surface area contributed by atoms with Crippen LogP contribution in [0.2, 0.25) is 0 Å². The average Bonchev–Trinajstić information content (AvgIpc) is 2.78. The van der Waals surface area contributed by atoms with Crippen molar-refractivity contribution in [1.29, 1.82) is 0 Å². The van der Waals surface area contributed by atoms with E-state index in [4.69, 9.17) is 5.73 Å². The van der Waals surface area contributed by atoms with E-state index in [2.05, 4.69) is 9.97 Å².